The highest BCUT2D eigenvalue weighted by Crippen LogP contribution is 2.12. The van der Waals surface area contributed by atoms with Crippen LogP contribution in [0.5, 0.6) is 0 Å². The standard InChI is InChI=1S/C15H22O4/c1-3-15(17)19-12(2)14(9-10-16)18-11-13-7-5-4-6-8-13/h4-8,12,14,16H,3,9-11H2,1-2H3/t12?,14-/m1/s1. The Labute approximate surface area is 114 Å². The summed E-state index contributed by atoms with van der Waals surface area (Å²) in [5.74, 6) is -0.251. The zero-order valence-corrected chi connectivity index (χ0v) is 11.5. The topological polar surface area (TPSA) is 55.8 Å². The van der Waals surface area contributed by atoms with Gasteiger partial charge in [-0.25, -0.2) is 0 Å². The molecular formula is C15H22O4. The molecule has 19 heavy (non-hydrogen) atoms. The SMILES string of the molecule is CCC(=O)OC(C)[C@@H](CCO)OCc1ccccc1. The molecule has 0 bridgehead atoms. The van der Waals surface area contributed by atoms with E-state index in [1.165, 1.54) is 0 Å². The number of benzene rings is 1. The number of rotatable bonds is 8. The van der Waals surface area contributed by atoms with Crippen molar-refractivity contribution in [1.29, 1.82) is 0 Å². The molecule has 0 aliphatic heterocycles. The number of esters is 1. The van der Waals surface area contributed by atoms with Crippen molar-refractivity contribution in [3.05, 3.63) is 35.9 Å². The van der Waals surface area contributed by atoms with E-state index in [2.05, 4.69) is 0 Å². The number of hydrogen-bond donors (Lipinski definition) is 1. The van der Waals surface area contributed by atoms with Gasteiger partial charge in [-0.3, -0.25) is 4.79 Å². The minimum atomic E-state index is -0.358. The molecule has 1 aromatic carbocycles. The van der Waals surface area contributed by atoms with Crippen LogP contribution in [0.3, 0.4) is 0 Å². The Morgan fingerprint density at radius 2 is 2.00 bits per heavy atom. The molecule has 0 aliphatic rings. The summed E-state index contributed by atoms with van der Waals surface area (Å²) in [6, 6.07) is 9.78. The number of aliphatic hydroxyl groups excluding tert-OH is 1. The summed E-state index contributed by atoms with van der Waals surface area (Å²) in [5.41, 5.74) is 1.06. The van der Waals surface area contributed by atoms with Crippen LogP contribution in [-0.4, -0.2) is 29.9 Å². The summed E-state index contributed by atoms with van der Waals surface area (Å²) in [6.07, 6.45) is 0.142. The first-order valence-electron chi connectivity index (χ1n) is 6.63. The molecule has 0 aromatic heterocycles. The monoisotopic (exact) mass is 266 g/mol. The van der Waals surface area contributed by atoms with Crippen molar-refractivity contribution in [2.45, 2.75) is 45.5 Å². The summed E-state index contributed by atoms with van der Waals surface area (Å²) in [4.78, 5) is 11.3. The quantitative estimate of drug-likeness (QED) is 0.733. The van der Waals surface area contributed by atoms with Gasteiger partial charge in [-0.15, -0.1) is 0 Å². The molecule has 1 rings (SSSR count). The van der Waals surface area contributed by atoms with Gasteiger partial charge >= 0.3 is 5.97 Å². The largest absolute Gasteiger partial charge is 0.460 e. The van der Waals surface area contributed by atoms with Crippen molar-refractivity contribution in [1.82, 2.24) is 0 Å². The van der Waals surface area contributed by atoms with Crippen LogP contribution >= 0.6 is 0 Å². The second-order valence-electron chi connectivity index (χ2n) is 4.40. The minimum absolute atomic E-state index is 0.00741. The summed E-state index contributed by atoms with van der Waals surface area (Å²) in [7, 11) is 0. The van der Waals surface area contributed by atoms with Gasteiger partial charge in [-0.1, -0.05) is 37.3 Å². The van der Waals surface area contributed by atoms with Crippen molar-refractivity contribution >= 4 is 5.97 Å². The number of ether oxygens (including phenoxy) is 2. The van der Waals surface area contributed by atoms with Crippen LogP contribution in [0.15, 0.2) is 30.3 Å². The minimum Gasteiger partial charge on any atom is -0.460 e. The van der Waals surface area contributed by atoms with Crippen molar-refractivity contribution in [2.24, 2.45) is 0 Å². The molecule has 106 valence electrons. The van der Waals surface area contributed by atoms with Crippen LogP contribution in [0.2, 0.25) is 0 Å². The molecular weight excluding hydrogens is 244 g/mol. The van der Waals surface area contributed by atoms with Gasteiger partial charge in [0.25, 0.3) is 0 Å². The fraction of sp³-hybridized carbons (Fsp3) is 0.533. The Balaban J connectivity index is 2.49. The van der Waals surface area contributed by atoms with E-state index in [-0.39, 0.29) is 24.8 Å². The second kappa shape index (κ2) is 8.67. The van der Waals surface area contributed by atoms with E-state index < -0.39 is 0 Å². The zero-order valence-electron chi connectivity index (χ0n) is 11.5. The summed E-state index contributed by atoms with van der Waals surface area (Å²) in [5, 5.41) is 9.05. The predicted octanol–water partition coefficient (Wildman–Crippen LogP) is 2.30. The third-order valence-electron chi connectivity index (χ3n) is 2.85. The molecule has 0 radical (unpaired) electrons. The molecule has 4 nitrogen and oxygen atoms in total. The Morgan fingerprint density at radius 1 is 1.32 bits per heavy atom. The molecule has 1 unspecified atom stereocenters. The van der Waals surface area contributed by atoms with E-state index >= 15 is 0 Å². The highest BCUT2D eigenvalue weighted by Gasteiger charge is 2.20. The molecule has 0 saturated heterocycles. The molecule has 1 aromatic rings. The highest BCUT2D eigenvalue weighted by molar-refractivity contribution is 5.69. The lowest BCUT2D eigenvalue weighted by Crippen LogP contribution is -2.31. The highest BCUT2D eigenvalue weighted by atomic mass is 16.6. The Kier molecular flexibility index (Phi) is 7.15. The van der Waals surface area contributed by atoms with Gasteiger partial charge in [-0.05, 0) is 12.5 Å². The summed E-state index contributed by atoms with van der Waals surface area (Å²) in [6.45, 7) is 3.99. The van der Waals surface area contributed by atoms with E-state index in [0.717, 1.165) is 5.56 Å². The molecule has 0 fully saturated rings. The van der Waals surface area contributed by atoms with Gasteiger partial charge in [0.1, 0.15) is 6.10 Å². The van der Waals surface area contributed by atoms with Gasteiger partial charge in [0.05, 0.1) is 12.7 Å². The lowest BCUT2D eigenvalue weighted by atomic mass is 10.1. The van der Waals surface area contributed by atoms with E-state index in [1.807, 2.05) is 30.3 Å². The summed E-state index contributed by atoms with van der Waals surface area (Å²) >= 11 is 0. The average Bonchev–Trinajstić information content (AvgIpc) is 2.44. The zero-order chi connectivity index (χ0) is 14.1. The molecule has 4 heteroatoms. The van der Waals surface area contributed by atoms with Crippen LogP contribution < -0.4 is 0 Å². The van der Waals surface area contributed by atoms with Gasteiger partial charge in [0, 0.05) is 19.4 Å². The first-order valence-corrected chi connectivity index (χ1v) is 6.63. The fourth-order valence-corrected chi connectivity index (χ4v) is 1.72. The molecule has 0 aliphatic carbocycles. The van der Waals surface area contributed by atoms with Crippen molar-refractivity contribution in [3.63, 3.8) is 0 Å². The van der Waals surface area contributed by atoms with Gasteiger partial charge in [0.15, 0.2) is 0 Å². The van der Waals surface area contributed by atoms with Crippen molar-refractivity contribution < 1.29 is 19.4 Å². The van der Waals surface area contributed by atoms with Crippen molar-refractivity contribution in [3.8, 4) is 0 Å². The smallest absolute Gasteiger partial charge is 0.305 e. The number of carbonyl (C=O) groups is 1. The summed E-state index contributed by atoms with van der Waals surface area (Å²) < 4.78 is 11.0. The fourth-order valence-electron chi connectivity index (χ4n) is 1.72. The van der Waals surface area contributed by atoms with Crippen LogP contribution in [-0.2, 0) is 20.9 Å². The maximum atomic E-state index is 11.3. The number of carbonyl (C=O) groups excluding carboxylic acids is 1. The number of aliphatic hydroxyl groups is 1. The van der Waals surface area contributed by atoms with Gasteiger partial charge in [0.2, 0.25) is 0 Å². The van der Waals surface area contributed by atoms with E-state index in [1.54, 1.807) is 13.8 Å². The average molecular weight is 266 g/mol. The van der Waals surface area contributed by atoms with Gasteiger partial charge < -0.3 is 14.6 Å². The number of hydrogen-bond acceptors (Lipinski definition) is 4. The molecule has 0 amide bonds. The van der Waals surface area contributed by atoms with Crippen LogP contribution in [0.25, 0.3) is 0 Å². The van der Waals surface area contributed by atoms with Crippen LogP contribution in [0.4, 0.5) is 0 Å². The lowest BCUT2D eigenvalue weighted by molar-refractivity contribution is -0.157. The molecule has 0 saturated carbocycles. The molecule has 2 atom stereocenters. The van der Waals surface area contributed by atoms with E-state index in [9.17, 15) is 4.79 Å². The van der Waals surface area contributed by atoms with Crippen LogP contribution in [0.1, 0.15) is 32.3 Å². The Bertz CT molecular complexity index is 364. The molecule has 0 heterocycles. The first kappa shape index (κ1) is 15.7. The maximum Gasteiger partial charge on any atom is 0.305 e. The van der Waals surface area contributed by atoms with E-state index in [0.29, 0.717) is 19.4 Å². The van der Waals surface area contributed by atoms with Gasteiger partial charge in [-0.2, -0.15) is 0 Å². The van der Waals surface area contributed by atoms with Crippen molar-refractivity contribution in [2.75, 3.05) is 6.61 Å². The molecule has 0 spiro atoms. The predicted molar refractivity (Wildman–Crippen MR) is 72.6 cm³/mol. The Hall–Kier alpha value is -1.39. The third-order valence-corrected chi connectivity index (χ3v) is 2.85. The van der Waals surface area contributed by atoms with Crippen LogP contribution in [0, 0.1) is 0 Å². The second-order valence-corrected chi connectivity index (χ2v) is 4.40. The maximum absolute atomic E-state index is 11.3. The third kappa shape index (κ3) is 5.85. The normalized spacial score (nSPS) is 13.8. The lowest BCUT2D eigenvalue weighted by Gasteiger charge is -2.23. The Morgan fingerprint density at radius 3 is 2.58 bits per heavy atom. The first-order chi connectivity index (χ1) is 9.17. The van der Waals surface area contributed by atoms with E-state index in [4.69, 9.17) is 14.6 Å². The molecule has 1 N–H and O–H groups in total.